The summed E-state index contributed by atoms with van der Waals surface area (Å²) in [5.74, 6) is -2.24. The maximum Gasteiger partial charge on any atom is 0.573 e. The second kappa shape index (κ2) is 12.1. The molecule has 5 rings (SSSR count). The number of ether oxygens (including phenoxy) is 1. The van der Waals surface area contributed by atoms with Crippen LogP contribution in [0.3, 0.4) is 0 Å². The minimum Gasteiger partial charge on any atom is -0.403 e. The zero-order chi connectivity index (χ0) is 29.3. The molecule has 1 aromatic carbocycles. The van der Waals surface area contributed by atoms with Gasteiger partial charge >= 0.3 is 6.36 Å². The summed E-state index contributed by atoms with van der Waals surface area (Å²) in [5.41, 5.74) is 1.87. The number of halogens is 4. The third-order valence-corrected chi connectivity index (χ3v) is 8.34. The highest BCUT2D eigenvalue weighted by atomic mass is 19.4. The van der Waals surface area contributed by atoms with Gasteiger partial charge in [0.25, 0.3) is 0 Å². The average Bonchev–Trinajstić information content (AvgIpc) is 3.23. The molecule has 9 nitrogen and oxygen atoms in total. The van der Waals surface area contributed by atoms with Crippen molar-refractivity contribution in [2.75, 3.05) is 50.7 Å². The van der Waals surface area contributed by atoms with Gasteiger partial charge in [-0.05, 0) is 55.8 Å². The first-order valence-corrected chi connectivity index (χ1v) is 14.0. The lowest BCUT2D eigenvalue weighted by molar-refractivity contribution is -0.275. The number of fused-ring (bicyclic) bond motifs is 1. The summed E-state index contributed by atoms with van der Waals surface area (Å²) in [5, 5.41) is 20.2. The van der Waals surface area contributed by atoms with E-state index in [1.807, 2.05) is 6.92 Å². The van der Waals surface area contributed by atoms with Crippen LogP contribution in [0.4, 0.5) is 23.4 Å². The van der Waals surface area contributed by atoms with Gasteiger partial charge in [0.15, 0.2) is 11.6 Å². The zero-order valence-electron chi connectivity index (χ0n) is 22.9. The van der Waals surface area contributed by atoms with Crippen molar-refractivity contribution >= 4 is 11.7 Å². The molecular formula is C28H35F4N5O4. The monoisotopic (exact) mass is 581 g/mol. The molecule has 0 saturated carbocycles. The smallest absolute Gasteiger partial charge is 0.403 e. The van der Waals surface area contributed by atoms with E-state index in [4.69, 9.17) is 0 Å². The Kier molecular flexibility index (Phi) is 8.67. The fourth-order valence-corrected chi connectivity index (χ4v) is 6.14. The molecular weight excluding hydrogens is 546 g/mol. The van der Waals surface area contributed by atoms with Gasteiger partial charge in [0.05, 0.1) is 23.8 Å². The van der Waals surface area contributed by atoms with Crippen LogP contribution in [-0.2, 0) is 4.79 Å². The quantitative estimate of drug-likeness (QED) is 0.481. The molecule has 0 bridgehead atoms. The predicted molar refractivity (Wildman–Crippen MR) is 141 cm³/mol. The number of piperidine rings is 1. The van der Waals surface area contributed by atoms with Gasteiger partial charge in [-0.2, -0.15) is 0 Å². The first-order chi connectivity index (χ1) is 19.5. The average molecular weight is 582 g/mol. The van der Waals surface area contributed by atoms with Crippen molar-refractivity contribution in [3.63, 3.8) is 0 Å². The minimum absolute atomic E-state index is 0.107. The lowest BCUT2D eigenvalue weighted by atomic mass is 9.92. The first-order valence-electron chi connectivity index (χ1n) is 14.0. The van der Waals surface area contributed by atoms with Crippen LogP contribution in [0, 0.1) is 5.82 Å². The Balaban J connectivity index is 1.31. The SMILES string of the molecule is C[C@@H]1C[C@@H](O)c2ncnc(N3CCN(C(=O)[C@H](CCN4CCC(O)CC4)c4ccc(OC(F)(F)F)c(F)c4)CC3)c21. The highest BCUT2D eigenvalue weighted by molar-refractivity contribution is 5.84. The Hall–Kier alpha value is -3.03. The van der Waals surface area contributed by atoms with E-state index < -0.39 is 30.0 Å². The maximum absolute atomic E-state index is 14.7. The molecule has 0 radical (unpaired) electrons. The number of carbonyl (C=O) groups excluding carboxylic acids is 1. The topological polar surface area (TPSA) is 102 Å². The second-order valence-electron chi connectivity index (χ2n) is 11.1. The number of aromatic nitrogens is 2. The van der Waals surface area contributed by atoms with E-state index in [1.54, 1.807) is 4.90 Å². The number of benzene rings is 1. The number of rotatable bonds is 7. The predicted octanol–water partition coefficient (Wildman–Crippen LogP) is 3.33. The lowest BCUT2D eigenvalue weighted by Gasteiger charge is -2.38. The Labute approximate surface area is 235 Å². The van der Waals surface area contributed by atoms with Crippen molar-refractivity contribution < 1.29 is 37.3 Å². The number of carbonyl (C=O) groups is 1. The summed E-state index contributed by atoms with van der Waals surface area (Å²) in [6.45, 7) is 5.67. The molecule has 2 saturated heterocycles. The van der Waals surface area contributed by atoms with Gasteiger partial charge in [-0.1, -0.05) is 13.0 Å². The Morgan fingerprint density at radius 2 is 1.80 bits per heavy atom. The van der Waals surface area contributed by atoms with Crippen molar-refractivity contribution in [2.45, 2.75) is 63.0 Å². The van der Waals surface area contributed by atoms with Crippen LogP contribution < -0.4 is 9.64 Å². The number of aliphatic hydroxyl groups excluding tert-OH is 2. The number of aliphatic hydroxyl groups is 2. The molecule has 224 valence electrons. The van der Waals surface area contributed by atoms with Crippen molar-refractivity contribution in [3.05, 3.63) is 47.2 Å². The molecule has 3 heterocycles. The van der Waals surface area contributed by atoms with Crippen LogP contribution >= 0.6 is 0 Å². The summed E-state index contributed by atoms with van der Waals surface area (Å²) in [6.07, 6.45) is -2.37. The van der Waals surface area contributed by atoms with E-state index in [0.29, 0.717) is 77.2 Å². The fourth-order valence-electron chi connectivity index (χ4n) is 6.14. The van der Waals surface area contributed by atoms with Gasteiger partial charge < -0.3 is 29.6 Å². The summed E-state index contributed by atoms with van der Waals surface area (Å²) in [6, 6.07) is 3.19. The van der Waals surface area contributed by atoms with Gasteiger partial charge in [-0.3, -0.25) is 4.79 Å². The molecule has 3 atom stereocenters. The molecule has 1 amide bonds. The van der Waals surface area contributed by atoms with Crippen LogP contribution in [0.15, 0.2) is 24.5 Å². The zero-order valence-corrected chi connectivity index (χ0v) is 22.9. The number of amides is 1. The van der Waals surface area contributed by atoms with Crippen molar-refractivity contribution in [3.8, 4) is 5.75 Å². The van der Waals surface area contributed by atoms with Gasteiger partial charge in [0, 0.05) is 44.8 Å². The fraction of sp³-hybridized carbons (Fsp3) is 0.607. The first kappa shape index (κ1) is 29.5. The molecule has 0 spiro atoms. The third-order valence-electron chi connectivity index (χ3n) is 8.34. The van der Waals surface area contributed by atoms with E-state index in [9.17, 15) is 32.6 Å². The number of hydrogen-bond donors (Lipinski definition) is 2. The van der Waals surface area contributed by atoms with Crippen molar-refractivity contribution in [1.29, 1.82) is 0 Å². The van der Waals surface area contributed by atoms with Crippen LogP contribution in [0.2, 0.25) is 0 Å². The molecule has 1 aliphatic carbocycles. The highest BCUT2D eigenvalue weighted by Gasteiger charge is 2.36. The minimum atomic E-state index is -5.03. The van der Waals surface area contributed by atoms with Gasteiger partial charge in [-0.15, -0.1) is 13.2 Å². The van der Waals surface area contributed by atoms with Crippen LogP contribution in [0.25, 0.3) is 0 Å². The number of alkyl halides is 3. The molecule has 2 aromatic rings. The molecule has 2 aliphatic heterocycles. The number of likely N-dealkylation sites (tertiary alicyclic amines) is 1. The number of anilines is 1. The van der Waals surface area contributed by atoms with Gasteiger partial charge in [-0.25, -0.2) is 14.4 Å². The molecule has 41 heavy (non-hydrogen) atoms. The van der Waals surface area contributed by atoms with Crippen molar-refractivity contribution in [1.82, 2.24) is 19.8 Å². The Morgan fingerprint density at radius 1 is 1.10 bits per heavy atom. The van der Waals surface area contributed by atoms with E-state index in [2.05, 4.69) is 24.5 Å². The van der Waals surface area contributed by atoms with Crippen molar-refractivity contribution in [2.24, 2.45) is 0 Å². The summed E-state index contributed by atoms with van der Waals surface area (Å²) in [4.78, 5) is 28.5. The highest BCUT2D eigenvalue weighted by Crippen LogP contribution is 2.43. The summed E-state index contributed by atoms with van der Waals surface area (Å²) >= 11 is 0. The second-order valence-corrected chi connectivity index (χ2v) is 11.1. The largest absolute Gasteiger partial charge is 0.573 e. The maximum atomic E-state index is 14.7. The summed E-state index contributed by atoms with van der Waals surface area (Å²) < 4.78 is 56.5. The Morgan fingerprint density at radius 3 is 2.46 bits per heavy atom. The van der Waals surface area contributed by atoms with Gasteiger partial charge in [0.2, 0.25) is 5.91 Å². The third kappa shape index (κ3) is 6.73. The molecule has 2 N–H and O–H groups in total. The van der Waals surface area contributed by atoms with E-state index in [-0.39, 0.29) is 23.5 Å². The molecule has 2 fully saturated rings. The number of hydrogen-bond acceptors (Lipinski definition) is 8. The lowest BCUT2D eigenvalue weighted by Crippen LogP contribution is -2.50. The number of piperazine rings is 1. The van der Waals surface area contributed by atoms with Crippen LogP contribution in [0.5, 0.6) is 5.75 Å². The van der Waals surface area contributed by atoms with Crippen LogP contribution in [-0.4, -0.2) is 94.2 Å². The normalized spacial score (nSPS) is 23.0. The van der Waals surface area contributed by atoms with E-state index >= 15 is 0 Å². The van der Waals surface area contributed by atoms with Gasteiger partial charge in [0.1, 0.15) is 12.1 Å². The van der Waals surface area contributed by atoms with E-state index in [1.165, 1.54) is 12.4 Å². The standard InChI is InChI=1S/C28H35F4N5O4/c1-17-14-22(39)25-24(17)26(34-16-33-25)36-10-12-37(13-11-36)27(40)20(6-9-35-7-4-19(38)5-8-35)18-2-3-23(21(29)15-18)41-28(30,31)32/h2-3,15-17,19-20,22,38-39H,4-14H2,1H3/t17-,20-,22-/m1/s1. The number of nitrogens with zero attached hydrogens (tertiary/aromatic N) is 5. The molecule has 13 heteroatoms. The molecule has 3 aliphatic rings. The van der Waals surface area contributed by atoms with E-state index in [0.717, 1.165) is 23.5 Å². The Bertz CT molecular complexity index is 1230. The summed E-state index contributed by atoms with van der Waals surface area (Å²) in [7, 11) is 0. The van der Waals surface area contributed by atoms with Crippen LogP contribution in [0.1, 0.15) is 67.4 Å². The molecule has 1 aromatic heterocycles. The molecule has 0 unspecified atom stereocenters.